The van der Waals surface area contributed by atoms with Gasteiger partial charge in [0.05, 0.1) is 0 Å². The van der Waals surface area contributed by atoms with Crippen LogP contribution >= 0.6 is 0 Å². The van der Waals surface area contributed by atoms with Crippen molar-refractivity contribution < 1.29 is 0 Å². The molecule has 1 heterocycles. The fraction of sp³-hybridized carbons (Fsp3) is 1.00. The van der Waals surface area contributed by atoms with Gasteiger partial charge in [-0.1, -0.05) is 26.2 Å². The number of nitrogens with zero attached hydrogens (tertiary/aromatic N) is 2. The van der Waals surface area contributed by atoms with Crippen LogP contribution in [0.1, 0.15) is 39.0 Å². The van der Waals surface area contributed by atoms with E-state index < -0.39 is 0 Å². The first-order valence-electron chi connectivity index (χ1n) is 7.51. The molecule has 3 nitrogen and oxygen atoms in total. The SMILES string of the molecule is CCN1CCN(C(CN)C2CCCCC2)CC1. The molecule has 2 N–H and O–H groups in total. The number of hydrogen-bond donors (Lipinski definition) is 1. The lowest BCUT2D eigenvalue weighted by molar-refractivity contribution is 0.0642. The van der Waals surface area contributed by atoms with E-state index in [2.05, 4.69) is 16.7 Å². The van der Waals surface area contributed by atoms with Gasteiger partial charge in [-0.3, -0.25) is 4.90 Å². The van der Waals surface area contributed by atoms with E-state index in [9.17, 15) is 0 Å². The molecule has 1 saturated heterocycles. The molecule has 1 unspecified atom stereocenters. The quantitative estimate of drug-likeness (QED) is 0.807. The van der Waals surface area contributed by atoms with Crippen LogP contribution in [0.4, 0.5) is 0 Å². The van der Waals surface area contributed by atoms with Crippen LogP contribution in [0.25, 0.3) is 0 Å². The molecule has 0 aromatic rings. The Hall–Kier alpha value is -0.120. The zero-order valence-electron chi connectivity index (χ0n) is 11.4. The third-order valence-corrected chi connectivity index (χ3v) is 4.76. The van der Waals surface area contributed by atoms with Gasteiger partial charge in [0.15, 0.2) is 0 Å². The van der Waals surface area contributed by atoms with Gasteiger partial charge in [0.1, 0.15) is 0 Å². The lowest BCUT2D eigenvalue weighted by atomic mass is 9.83. The monoisotopic (exact) mass is 239 g/mol. The molecule has 17 heavy (non-hydrogen) atoms. The second-order valence-corrected chi connectivity index (χ2v) is 5.67. The largest absolute Gasteiger partial charge is 0.329 e. The van der Waals surface area contributed by atoms with Crippen LogP contribution in [0.15, 0.2) is 0 Å². The molecule has 1 saturated carbocycles. The van der Waals surface area contributed by atoms with Crippen molar-refractivity contribution in [3.8, 4) is 0 Å². The summed E-state index contributed by atoms with van der Waals surface area (Å²) in [7, 11) is 0. The van der Waals surface area contributed by atoms with Crippen LogP contribution in [-0.2, 0) is 0 Å². The van der Waals surface area contributed by atoms with Gasteiger partial charge in [0, 0.05) is 38.8 Å². The van der Waals surface area contributed by atoms with Crippen LogP contribution < -0.4 is 5.73 Å². The number of hydrogen-bond acceptors (Lipinski definition) is 3. The summed E-state index contributed by atoms with van der Waals surface area (Å²) in [5.41, 5.74) is 6.05. The van der Waals surface area contributed by atoms with Crippen LogP contribution in [-0.4, -0.2) is 55.1 Å². The van der Waals surface area contributed by atoms with Crippen molar-refractivity contribution in [2.75, 3.05) is 39.3 Å². The summed E-state index contributed by atoms with van der Waals surface area (Å²) in [5, 5.41) is 0. The van der Waals surface area contributed by atoms with Crippen molar-refractivity contribution in [1.29, 1.82) is 0 Å². The molecule has 3 heteroatoms. The second-order valence-electron chi connectivity index (χ2n) is 5.67. The molecule has 0 radical (unpaired) electrons. The molecule has 0 aromatic carbocycles. The van der Waals surface area contributed by atoms with E-state index in [0.29, 0.717) is 6.04 Å². The fourth-order valence-electron chi connectivity index (χ4n) is 3.57. The maximum Gasteiger partial charge on any atom is 0.0247 e. The highest BCUT2D eigenvalue weighted by molar-refractivity contribution is 4.85. The summed E-state index contributed by atoms with van der Waals surface area (Å²) in [6.45, 7) is 9.25. The number of likely N-dealkylation sites (N-methyl/N-ethyl adjacent to an activating group) is 1. The highest BCUT2D eigenvalue weighted by atomic mass is 15.3. The van der Waals surface area contributed by atoms with Crippen molar-refractivity contribution in [2.24, 2.45) is 11.7 Å². The summed E-state index contributed by atoms with van der Waals surface area (Å²) < 4.78 is 0. The highest BCUT2D eigenvalue weighted by Crippen LogP contribution is 2.29. The van der Waals surface area contributed by atoms with Crippen molar-refractivity contribution in [1.82, 2.24) is 9.80 Å². The maximum absolute atomic E-state index is 6.05. The molecule has 100 valence electrons. The Balaban J connectivity index is 1.85. The van der Waals surface area contributed by atoms with Crippen molar-refractivity contribution in [2.45, 2.75) is 45.1 Å². The average Bonchev–Trinajstić information content (AvgIpc) is 2.42. The first-order valence-corrected chi connectivity index (χ1v) is 7.51. The predicted octanol–water partition coefficient (Wildman–Crippen LogP) is 1.53. The van der Waals surface area contributed by atoms with Crippen molar-refractivity contribution >= 4 is 0 Å². The van der Waals surface area contributed by atoms with Gasteiger partial charge in [-0.05, 0) is 25.3 Å². The van der Waals surface area contributed by atoms with Crippen LogP contribution in [0.3, 0.4) is 0 Å². The Morgan fingerprint density at radius 3 is 2.24 bits per heavy atom. The third kappa shape index (κ3) is 3.43. The minimum Gasteiger partial charge on any atom is -0.329 e. The first kappa shape index (κ1) is 13.3. The van der Waals surface area contributed by atoms with Gasteiger partial charge in [0.25, 0.3) is 0 Å². The minimum atomic E-state index is 0.661. The van der Waals surface area contributed by atoms with E-state index in [1.54, 1.807) is 0 Å². The van der Waals surface area contributed by atoms with Crippen LogP contribution in [0.5, 0.6) is 0 Å². The first-order chi connectivity index (χ1) is 8.35. The third-order valence-electron chi connectivity index (χ3n) is 4.76. The zero-order valence-corrected chi connectivity index (χ0v) is 11.4. The van der Waals surface area contributed by atoms with Gasteiger partial charge in [0.2, 0.25) is 0 Å². The molecule has 2 fully saturated rings. The van der Waals surface area contributed by atoms with Gasteiger partial charge in [-0.25, -0.2) is 0 Å². The molecule has 0 spiro atoms. The topological polar surface area (TPSA) is 32.5 Å². The van der Waals surface area contributed by atoms with Gasteiger partial charge in [-0.2, -0.15) is 0 Å². The molecular formula is C14H29N3. The Labute approximate surface area is 106 Å². The summed E-state index contributed by atoms with van der Waals surface area (Å²) in [5.74, 6) is 0.877. The molecule has 1 atom stereocenters. The molecule has 0 aromatic heterocycles. The van der Waals surface area contributed by atoms with E-state index in [1.165, 1.54) is 64.8 Å². The van der Waals surface area contributed by atoms with Crippen LogP contribution in [0, 0.1) is 5.92 Å². The molecule has 1 aliphatic carbocycles. The lowest BCUT2D eigenvalue weighted by Crippen LogP contribution is -2.54. The van der Waals surface area contributed by atoms with Crippen molar-refractivity contribution in [3.05, 3.63) is 0 Å². The smallest absolute Gasteiger partial charge is 0.0247 e. The Bertz CT molecular complexity index is 206. The average molecular weight is 239 g/mol. The van der Waals surface area contributed by atoms with E-state index in [0.717, 1.165) is 12.5 Å². The van der Waals surface area contributed by atoms with Gasteiger partial charge < -0.3 is 10.6 Å². The maximum atomic E-state index is 6.05. The van der Waals surface area contributed by atoms with E-state index in [-0.39, 0.29) is 0 Å². The lowest BCUT2D eigenvalue weighted by Gasteiger charge is -2.42. The molecule has 2 aliphatic rings. The number of piperazine rings is 1. The molecular weight excluding hydrogens is 210 g/mol. The Kier molecular flexibility index (Phi) is 5.26. The van der Waals surface area contributed by atoms with Crippen molar-refractivity contribution in [3.63, 3.8) is 0 Å². The predicted molar refractivity (Wildman–Crippen MR) is 73.1 cm³/mol. The standard InChI is InChI=1S/C14H29N3/c1-2-16-8-10-17(11-9-16)14(12-15)13-6-4-3-5-7-13/h13-14H,2-12,15H2,1H3. The van der Waals surface area contributed by atoms with E-state index >= 15 is 0 Å². The summed E-state index contributed by atoms with van der Waals surface area (Å²) in [4.78, 5) is 5.22. The van der Waals surface area contributed by atoms with Gasteiger partial charge >= 0.3 is 0 Å². The molecule has 0 bridgehead atoms. The van der Waals surface area contributed by atoms with E-state index in [1.807, 2.05) is 0 Å². The van der Waals surface area contributed by atoms with Gasteiger partial charge in [-0.15, -0.1) is 0 Å². The summed E-state index contributed by atoms with van der Waals surface area (Å²) >= 11 is 0. The Morgan fingerprint density at radius 1 is 1.06 bits per heavy atom. The fourth-order valence-corrected chi connectivity index (χ4v) is 3.57. The molecule has 1 aliphatic heterocycles. The molecule has 0 amide bonds. The molecule has 2 rings (SSSR count). The normalized spacial score (nSPS) is 27.2. The number of rotatable bonds is 4. The number of nitrogens with two attached hydrogens (primary N) is 1. The minimum absolute atomic E-state index is 0.661. The van der Waals surface area contributed by atoms with Crippen LogP contribution in [0.2, 0.25) is 0 Å². The highest BCUT2D eigenvalue weighted by Gasteiger charge is 2.29. The summed E-state index contributed by atoms with van der Waals surface area (Å²) in [6, 6.07) is 0.661. The second kappa shape index (κ2) is 6.72. The zero-order chi connectivity index (χ0) is 12.1. The van der Waals surface area contributed by atoms with E-state index in [4.69, 9.17) is 5.73 Å². The summed E-state index contributed by atoms with van der Waals surface area (Å²) in [6.07, 6.45) is 7.12. The Morgan fingerprint density at radius 2 is 1.71 bits per heavy atom.